The van der Waals surface area contributed by atoms with Gasteiger partial charge in [-0.2, -0.15) is 0 Å². The van der Waals surface area contributed by atoms with Crippen molar-refractivity contribution in [3.05, 3.63) is 0 Å². The van der Waals surface area contributed by atoms with E-state index in [1.807, 2.05) is 0 Å². The van der Waals surface area contributed by atoms with Gasteiger partial charge >= 0.3 is 17.9 Å². The van der Waals surface area contributed by atoms with E-state index in [0.717, 1.165) is 32.6 Å². The monoisotopic (exact) mass is 1350 g/mol. The Kier molecular flexibility index (Phi) is 39.2. The summed E-state index contributed by atoms with van der Waals surface area (Å²) in [6.07, 6.45) is -1.22. The van der Waals surface area contributed by atoms with Crippen LogP contribution in [0.5, 0.6) is 0 Å². The van der Waals surface area contributed by atoms with Crippen molar-refractivity contribution in [3.8, 4) is 0 Å². The van der Waals surface area contributed by atoms with E-state index in [4.69, 9.17) is 4.74 Å². The van der Waals surface area contributed by atoms with Crippen LogP contribution in [0, 0.1) is 35.5 Å². The van der Waals surface area contributed by atoms with E-state index in [1.165, 1.54) is 6.92 Å². The number of carboxylic acid groups (broad SMARTS) is 2. The van der Waals surface area contributed by atoms with Crippen LogP contribution in [0.2, 0.25) is 0 Å². The largest absolute Gasteiger partial charge is 0.481 e. The Morgan fingerprint density at radius 2 is 0.926 bits per heavy atom. The van der Waals surface area contributed by atoms with Gasteiger partial charge in [0.2, 0.25) is 65.0 Å². The highest BCUT2D eigenvalue weighted by molar-refractivity contribution is 6.00. The normalized spacial score (nSPS) is 24.3. The Balaban J connectivity index is 4.21. The van der Waals surface area contributed by atoms with Crippen molar-refractivity contribution in [2.75, 3.05) is 13.2 Å². The first-order chi connectivity index (χ1) is 44.4. The lowest BCUT2D eigenvalue weighted by Gasteiger charge is -2.30. The third-order valence-electron chi connectivity index (χ3n) is 15.6. The average Bonchev–Trinajstić information content (AvgIpc) is 0.901. The maximum atomic E-state index is 14.8. The Bertz CT molecular complexity index is 2570. The van der Waals surface area contributed by atoms with Crippen LogP contribution in [0.4, 0.5) is 0 Å². The van der Waals surface area contributed by atoms with Gasteiger partial charge in [0.15, 0.2) is 0 Å². The number of hydrogen-bond donors (Lipinski definition) is 16. The second-order valence-electron chi connectivity index (χ2n) is 26.9. The molecule has 0 aromatic heterocycles. The van der Waals surface area contributed by atoms with Gasteiger partial charge in [0.1, 0.15) is 72.6 Å². The van der Waals surface area contributed by atoms with Crippen molar-refractivity contribution in [3.63, 3.8) is 0 Å². The molecule has 95 heavy (non-hydrogen) atoms. The number of amides is 11. The summed E-state index contributed by atoms with van der Waals surface area (Å²) in [6.45, 7) is 21.2. The highest BCUT2D eigenvalue weighted by atomic mass is 16.5. The first-order valence-corrected chi connectivity index (χ1v) is 33.2. The standard InChI is InChI=1S/C64H111N11O20/c1-15-17-18-19-20-21-39(78)27-49(79)65-40(22-32(3)4)54(83)69-45(28-50(80)81)59(88)75-53-38(14)95-51(82)29-46(64(93)94)71-62(91)52(37(13)16-2)74-58(87)44(26-36(11)12)68-61(90)48(31-77)73-57(86)42(24-34(7)8)67-60(89)47(30-76)72-56(85)41(23-33(5)6)66-55(84)43(25-35(9)10)70-63(53)92/h32-48,52-53,76-78H,15-31H2,1-14H3,(H,65,79)(H,66,84)(H,67,89)(H,68,90)(H,69,83)(H,70,92)(H,71,91)(H,72,85)(H,73,86)(H,74,87)(H,75,88)(H,80,81)(H,93,94)/t37-,38+,39?,40+,41+,42+,43?,44?,45-,46?,47?,48?,52-,53?/m0/s1. The van der Waals surface area contributed by atoms with Crippen molar-refractivity contribution in [2.45, 2.75) is 272 Å². The average molecular weight is 1350 g/mol. The Morgan fingerprint density at radius 1 is 0.505 bits per heavy atom. The summed E-state index contributed by atoms with van der Waals surface area (Å²) in [5, 5.41) is 78.7. The molecule has 11 amide bonds. The molecule has 0 aromatic rings. The van der Waals surface area contributed by atoms with Gasteiger partial charge in [-0.05, 0) is 81.0 Å². The number of carboxylic acids is 2. The summed E-state index contributed by atoms with van der Waals surface area (Å²) in [4.78, 5) is 195. The van der Waals surface area contributed by atoms with E-state index in [2.05, 4.69) is 65.4 Å². The quantitative estimate of drug-likeness (QED) is 0.0321. The molecule has 31 heteroatoms. The summed E-state index contributed by atoms with van der Waals surface area (Å²) >= 11 is 0. The molecule has 1 aliphatic rings. The maximum Gasteiger partial charge on any atom is 0.326 e. The minimum Gasteiger partial charge on any atom is -0.481 e. The predicted molar refractivity (Wildman–Crippen MR) is 346 cm³/mol. The van der Waals surface area contributed by atoms with Crippen molar-refractivity contribution in [1.82, 2.24) is 58.5 Å². The molecule has 0 saturated carbocycles. The molecule has 1 fully saturated rings. The van der Waals surface area contributed by atoms with Gasteiger partial charge in [-0.1, -0.05) is 129 Å². The van der Waals surface area contributed by atoms with Crippen molar-refractivity contribution < 1.29 is 97.4 Å². The van der Waals surface area contributed by atoms with Crippen LogP contribution in [-0.4, -0.2) is 200 Å². The maximum absolute atomic E-state index is 14.8. The molecule has 0 radical (unpaired) electrons. The van der Waals surface area contributed by atoms with Crippen LogP contribution in [0.1, 0.15) is 193 Å². The van der Waals surface area contributed by atoms with Crippen molar-refractivity contribution >= 4 is 82.9 Å². The zero-order valence-corrected chi connectivity index (χ0v) is 57.9. The first kappa shape index (κ1) is 85.5. The van der Waals surface area contributed by atoms with Crippen LogP contribution in [0.3, 0.4) is 0 Å². The van der Waals surface area contributed by atoms with E-state index < -0.39 is 199 Å². The number of carbonyl (C=O) groups excluding carboxylic acids is 12. The zero-order chi connectivity index (χ0) is 72.6. The third kappa shape index (κ3) is 32.6. The molecular weight excluding hydrogens is 1240 g/mol. The Morgan fingerprint density at radius 3 is 1.33 bits per heavy atom. The van der Waals surface area contributed by atoms with E-state index in [1.54, 1.807) is 76.2 Å². The fraction of sp³-hybridized carbons (Fsp3) is 0.781. The van der Waals surface area contributed by atoms with Crippen LogP contribution in [0.15, 0.2) is 0 Å². The van der Waals surface area contributed by atoms with Gasteiger partial charge in [-0.15, -0.1) is 0 Å². The fourth-order valence-electron chi connectivity index (χ4n) is 10.3. The molecule has 0 aliphatic carbocycles. The lowest BCUT2D eigenvalue weighted by atomic mass is 9.96. The number of aliphatic hydroxyl groups excluding tert-OH is 3. The van der Waals surface area contributed by atoms with Gasteiger partial charge < -0.3 is 88.8 Å². The van der Waals surface area contributed by atoms with Gasteiger partial charge in [-0.25, -0.2) is 4.79 Å². The Hall–Kier alpha value is -7.54. The van der Waals surface area contributed by atoms with Crippen LogP contribution >= 0.6 is 0 Å². The lowest BCUT2D eigenvalue weighted by molar-refractivity contribution is -0.156. The third-order valence-corrected chi connectivity index (χ3v) is 15.6. The van der Waals surface area contributed by atoms with E-state index >= 15 is 0 Å². The van der Waals surface area contributed by atoms with Crippen molar-refractivity contribution in [1.29, 1.82) is 0 Å². The molecule has 0 spiro atoms. The number of cyclic esters (lactones) is 1. The summed E-state index contributed by atoms with van der Waals surface area (Å²) in [6, 6.07) is -18.9. The summed E-state index contributed by atoms with van der Waals surface area (Å²) in [7, 11) is 0. The molecule has 31 nitrogen and oxygen atoms in total. The van der Waals surface area contributed by atoms with E-state index in [9.17, 15) is 92.7 Å². The molecule has 0 bridgehead atoms. The van der Waals surface area contributed by atoms with Crippen molar-refractivity contribution in [2.24, 2.45) is 35.5 Å². The second kappa shape index (κ2) is 43.5. The Labute approximate surface area is 557 Å². The van der Waals surface area contributed by atoms with Crippen LogP contribution in [-0.2, 0) is 71.9 Å². The number of aliphatic hydroxyl groups is 3. The number of esters is 1. The summed E-state index contributed by atoms with van der Waals surface area (Å²) in [5.41, 5.74) is 0. The highest BCUT2D eigenvalue weighted by Gasteiger charge is 2.41. The van der Waals surface area contributed by atoms with Crippen LogP contribution in [0.25, 0.3) is 0 Å². The number of unbranched alkanes of at least 4 members (excludes halogenated alkanes) is 4. The minimum atomic E-state index is -2.15. The molecule has 1 aliphatic heterocycles. The molecule has 1 rings (SSSR count). The predicted octanol–water partition coefficient (Wildman–Crippen LogP) is -0.413. The van der Waals surface area contributed by atoms with E-state index in [-0.39, 0.29) is 68.6 Å². The van der Waals surface area contributed by atoms with Gasteiger partial charge in [0.25, 0.3) is 0 Å². The number of aliphatic carboxylic acids is 2. The highest BCUT2D eigenvalue weighted by Crippen LogP contribution is 2.17. The molecule has 1 saturated heterocycles. The molecule has 7 unspecified atom stereocenters. The zero-order valence-electron chi connectivity index (χ0n) is 57.9. The second-order valence-corrected chi connectivity index (χ2v) is 26.9. The molecule has 1 heterocycles. The smallest absolute Gasteiger partial charge is 0.326 e. The first-order valence-electron chi connectivity index (χ1n) is 33.2. The topological polar surface area (TPSA) is 482 Å². The van der Waals surface area contributed by atoms with Gasteiger partial charge in [-0.3, -0.25) is 62.3 Å². The molecular formula is C64H111N11O20. The SMILES string of the molecule is CCCCCCCC(O)CC(=O)N[C@H](CC(C)C)C(=O)N[C@@H](CC(=O)O)C(=O)NC1C(=O)NC(CC(C)C)C(=O)N[C@H](CC(C)C)C(=O)NC(CO)C(=O)N[C@H](CC(C)C)C(=O)NC(CO)C(=O)NC(CC(C)C)C(=O)N[C@@H]([C@@H](C)CC)C(=O)NC(C(=O)O)CC(=O)O[C@@H]1C. The molecule has 16 N–H and O–H groups in total. The summed E-state index contributed by atoms with van der Waals surface area (Å²) < 4.78 is 5.59. The van der Waals surface area contributed by atoms with Gasteiger partial charge in [0, 0.05) is 0 Å². The minimum absolute atomic E-state index is 0.0328. The molecule has 0 aromatic carbocycles. The van der Waals surface area contributed by atoms with Gasteiger partial charge in [0.05, 0.1) is 38.6 Å². The lowest BCUT2D eigenvalue weighted by Crippen LogP contribution is -2.62. The van der Waals surface area contributed by atoms with Crippen LogP contribution < -0.4 is 58.5 Å². The fourth-order valence-corrected chi connectivity index (χ4v) is 10.3. The van der Waals surface area contributed by atoms with E-state index in [0.29, 0.717) is 12.8 Å². The molecule has 542 valence electrons. The number of carbonyl (C=O) groups is 14. The number of rotatable bonds is 30. The number of nitrogens with one attached hydrogen (secondary N) is 11. The number of ether oxygens (including phenoxy) is 1. The number of hydrogen-bond acceptors (Lipinski definition) is 18. The summed E-state index contributed by atoms with van der Waals surface area (Å²) in [5.74, 6) is -19.1. The molecule has 14 atom stereocenters.